The zero-order valence-corrected chi connectivity index (χ0v) is 13.2. The van der Waals surface area contributed by atoms with Crippen LogP contribution >= 0.6 is 12.6 Å². The van der Waals surface area contributed by atoms with Crippen LogP contribution in [0, 0.1) is 0 Å². The highest BCUT2D eigenvalue weighted by atomic mass is 32.1. The molecule has 0 bridgehead atoms. The summed E-state index contributed by atoms with van der Waals surface area (Å²) in [7, 11) is 1.77. The number of rotatable bonds is 3. The molecule has 1 amide bonds. The molecule has 0 N–H and O–H groups in total. The minimum atomic E-state index is -0.462. The molecule has 3 nitrogen and oxygen atoms in total. The Bertz CT molecular complexity index is 440. The zero-order valence-electron chi connectivity index (χ0n) is 12.3. The van der Waals surface area contributed by atoms with Gasteiger partial charge in [0, 0.05) is 18.0 Å². The Morgan fingerprint density at radius 2 is 2.05 bits per heavy atom. The van der Waals surface area contributed by atoms with Gasteiger partial charge in [0.2, 0.25) is 0 Å². The first kappa shape index (κ1) is 15.9. The fourth-order valence-corrected chi connectivity index (χ4v) is 1.93. The molecule has 1 aromatic carbocycles. The maximum atomic E-state index is 11.9. The van der Waals surface area contributed by atoms with Gasteiger partial charge in [0.05, 0.1) is 0 Å². The maximum Gasteiger partial charge on any atom is 0.410 e. The average molecular weight is 281 g/mol. The summed E-state index contributed by atoms with van der Waals surface area (Å²) in [6.45, 7) is 7.62. The summed E-state index contributed by atoms with van der Waals surface area (Å²) in [6.07, 6.45) is 0.492. The molecule has 1 rings (SSSR count). The zero-order chi connectivity index (χ0) is 14.6. The van der Waals surface area contributed by atoms with Crippen molar-refractivity contribution in [1.82, 2.24) is 4.90 Å². The summed E-state index contributed by atoms with van der Waals surface area (Å²) < 4.78 is 5.35. The van der Waals surface area contributed by atoms with Crippen molar-refractivity contribution in [2.45, 2.75) is 50.7 Å². The predicted octanol–water partition coefficient (Wildman–Crippen LogP) is 3.77. The quantitative estimate of drug-likeness (QED) is 0.855. The number of carbonyl (C=O) groups is 1. The first-order valence-corrected chi connectivity index (χ1v) is 6.87. The summed E-state index contributed by atoms with van der Waals surface area (Å²) in [5, 5.41) is 0. The van der Waals surface area contributed by atoms with Crippen molar-refractivity contribution in [3.63, 3.8) is 0 Å². The van der Waals surface area contributed by atoms with Crippen LogP contribution in [-0.4, -0.2) is 29.7 Å². The van der Waals surface area contributed by atoms with Crippen LogP contribution in [0.15, 0.2) is 29.2 Å². The summed E-state index contributed by atoms with van der Waals surface area (Å²) in [4.78, 5) is 14.5. The summed E-state index contributed by atoms with van der Waals surface area (Å²) >= 11 is 4.32. The van der Waals surface area contributed by atoms with E-state index in [9.17, 15) is 4.79 Å². The molecule has 0 aromatic heterocycles. The van der Waals surface area contributed by atoms with Gasteiger partial charge in [-0.2, -0.15) is 0 Å². The van der Waals surface area contributed by atoms with Crippen LogP contribution in [0.4, 0.5) is 4.79 Å². The van der Waals surface area contributed by atoms with Crippen molar-refractivity contribution in [2.75, 3.05) is 7.05 Å². The molecule has 106 valence electrons. The molecule has 4 heteroatoms. The van der Waals surface area contributed by atoms with Gasteiger partial charge in [0.1, 0.15) is 5.60 Å². The second-order valence-electron chi connectivity index (χ2n) is 5.81. The van der Waals surface area contributed by atoms with Gasteiger partial charge in [0.15, 0.2) is 0 Å². The van der Waals surface area contributed by atoms with E-state index >= 15 is 0 Å². The fraction of sp³-hybridized carbons (Fsp3) is 0.533. The molecule has 0 aliphatic heterocycles. The smallest absolute Gasteiger partial charge is 0.410 e. The minimum Gasteiger partial charge on any atom is -0.444 e. The Morgan fingerprint density at radius 3 is 2.58 bits per heavy atom. The summed E-state index contributed by atoms with van der Waals surface area (Å²) in [5.41, 5.74) is 0.700. The number of hydrogen-bond donors (Lipinski definition) is 1. The third kappa shape index (κ3) is 5.55. The van der Waals surface area contributed by atoms with Crippen molar-refractivity contribution in [1.29, 1.82) is 0 Å². The second kappa shape index (κ2) is 6.33. The second-order valence-corrected chi connectivity index (χ2v) is 6.33. The van der Waals surface area contributed by atoms with Crippen LogP contribution in [0.25, 0.3) is 0 Å². The Morgan fingerprint density at radius 1 is 1.42 bits per heavy atom. The molecule has 0 saturated heterocycles. The molecule has 1 aromatic rings. The highest BCUT2D eigenvalue weighted by Crippen LogP contribution is 2.15. The highest BCUT2D eigenvalue weighted by molar-refractivity contribution is 7.80. The number of thiol groups is 1. The number of benzene rings is 1. The van der Waals surface area contributed by atoms with Crippen molar-refractivity contribution >= 4 is 18.7 Å². The molecule has 0 spiro atoms. The van der Waals surface area contributed by atoms with Crippen LogP contribution < -0.4 is 0 Å². The number of carbonyl (C=O) groups excluding carboxylic acids is 1. The van der Waals surface area contributed by atoms with Crippen molar-refractivity contribution in [2.24, 2.45) is 0 Å². The summed E-state index contributed by atoms with van der Waals surface area (Å²) in [5.74, 6) is 0. The summed E-state index contributed by atoms with van der Waals surface area (Å²) in [6, 6.07) is 8.04. The third-order valence-electron chi connectivity index (χ3n) is 2.78. The fourth-order valence-electron chi connectivity index (χ4n) is 1.68. The molecule has 0 aliphatic rings. The Hall–Kier alpha value is -1.16. The van der Waals surface area contributed by atoms with Gasteiger partial charge in [-0.1, -0.05) is 12.1 Å². The van der Waals surface area contributed by atoms with E-state index in [1.54, 1.807) is 11.9 Å². The van der Waals surface area contributed by atoms with E-state index < -0.39 is 5.60 Å². The SMILES string of the molecule is C[C@@H](Cc1cccc(S)c1)N(C)C(=O)OC(C)(C)C. The Kier molecular flexibility index (Phi) is 5.29. The van der Waals surface area contributed by atoms with E-state index in [1.807, 2.05) is 52.0 Å². The molecular weight excluding hydrogens is 258 g/mol. The molecule has 0 radical (unpaired) electrons. The van der Waals surface area contributed by atoms with Gasteiger partial charge >= 0.3 is 6.09 Å². The first-order chi connectivity index (χ1) is 8.69. The number of hydrogen-bond acceptors (Lipinski definition) is 3. The Labute approximate surface area is 121 Å². The lowest BCUT2D eigenvalue weighted by atomic mass is 10.1. The lowest BCUT2D eigenvalue weighted by Crippen LogP contribution is -2.40. The topological polar surface area (TPSA) is 29.5 Å². The monoisotopic (exact) mass is 281 g/mol. The standard InChI is InChI=1S/C15H23NO2S/c1-11(9-12-7-6-8-13(19)10-12)16(5)14(17)18-15(2,3)4/h6-8,10-11,19H,9H2,1-5H3/t11-/m0/s1. The van der Waals surface area contributed by atoms with Gasteiger partial charge in [0.25, 0.3) is 0 Å². The van der Waals surface area contributed by atoms with Crippen LogP contribution in [0.2, 0.25) is 0 Å². The molecule has 0 heterocycles. The molecule has 19 heavy (non-hydrogen) atoms. The van der Waals surface area contributed by atoms with Gasteiger partial charge < -0.3 is 9.64 Å². The first-order valence-electron chi connectivity index (χ1n) is 6.43. The van der Waals surface area contributed by atoms with Crippen molar-refractivity contribution in [3.05, 3.63) is 29.8 Å². The molecular formula is C15H23NO2S. The molecule has 1 atom stereocenters. The molecule has 0 saturated carbocycles. The van der Waals surface area contributed by atoms with E-state index in [1.165, 1.54) is 0 Å². The minimum absolute atomic E-state index is 0.0741. The van der Waals surface area contributed by atoms with Gasteiger partial charge in [-0.05, 0) is 51.8 Å². The van der Waals surface area contributed by atoms with E-state index in [2.05, 4.69) is 12.6 Å². The number of likely N-dealkylation sites (N-methyl/N-ethyl adjacent to an activating group) is 1. The van der Waals surface area contributed by atoms with Crippen molar-refractivity contribution in [3.8, 4) is 0 Å². The predicted molar refractivity (Wildman–Crippen MR) is 80.9 cm³/mol. The molecule has 0 unspecified atom stereocenters. The van der Waals surface area contributed by atoms with Crippen molar-refractivity contribution < 1.29 is 9.53 Å². The number of amides is 1. The average Bonchev–Trinajstić information content (AvgIpc) is 2.25. The van der Waals surface area contributed by atoms with Crippen LogP contribution in [0.1, 0.15) is 33.3 Å². The largest absolute Gasteiger partial charge is 0.444 e. The van der Waals surface area contributed by atoms with Gasteiger partial charge in [-0.15, -0.1) is 12.6 Å². The number of ether oxygens (including phenoxy) is 1. The lowest BCUT2D eigenvalue weighted by molar-refractivity contribution is 0.0236. The van der Waals surface area contributed by atoms with E-state index in [0.717, 1.165) is 16.9 Å². The molecule has 0 aliphatic carbocycles. The van der Waals surface area contributed by atoms with E-state index in [0.29, 0.717) is 0 Å². The molecule has 0 fully saturated rings. The van der Waals surface area contributed by atoms with Crippen LogP contribution in [0.5, 0.6) is 0 Å². The van der Waals surface area contributed by atoms with Gasteiger partial charge in [-0.25, -0.2) is 4.79 Å². The van der Waals surface area contributed by atoms with E-state index in [-0.39, 0.29) is 12.1 Å². The normalized spacial score (nSPS) is 12.9. The van der Waals surface area contributed by atoms with Crippen LogP contribution in [0.3, 0.4) is 0 Å². The van der Waals surface area contributed by atoms with Gasteiger partial charge in [-0.3, -0.25) is 0 Å². The Balaban J connectivity index is 2.62. The highest BCUT2D eigenvalue weighted by Gasteiger charge is 2.22. The van der Waals surface area contributed by atoms with E-state index in [4.69, 9.17) is 4.74 Å². The van der Waals surface area contributed by atoms with Crippen LogP contribution in [-0.2, 0) is 11.2 Å². The number of nitrogens with zero attached hydrogens (tertiary/aromatic N) is 1. The third-order valence-corrected chi connectivity index (χ3v) is 3.06. The maximum absolute atomic E-state index is 11.9. The lowest BCUT2D eigenvalue weighted by Gasteiger charge is -2.28.